The molecule has 1 aromatic rings. The number of hydrogen-bond acceptors (Lipinski definition) is 6. The molecular weight excluding hydrogens is 362 g/mol. The number of nitrogens with zero attached hydrogens (tertiary/aromatic N) is 1. The summed E-state index contributed by atoms with van der Waals surface area (Å²) in [5.41, 5.74) is 0.147. The van der Waals surface area contributed by atoms with Crippen LogP contribution < -0.4 is 10.6 Å². The highest BCUT2D eigenvalue weighted by atomic mass is 32.2. The van der Waals surface area contributed by atoms with Gasteiger partial charge in [-0.3, -0.25) is 4.79 Å². The lowest BCUT2D eigenvalue weighted by atomic mass is 10.0. The average Bonchev–Trinajstić information content (AvgIpc) is 2.76. The van der Waals surface area contributed by atoms with E-state index in [1.54, 1.807) is 19.9 Å². The van der Waals surface area contributed by atoms with E-state index < -0.39 is 40.5 Å². The molecule has 3 rings (SSSR count). The van der Waals surface area contributed by atoms with E-state index in [1.165, 1.54) is 18.2 Å². The van der Waals surface area contributed by atoms with Gasteiger partial charge in [0.25, 0.3) is 15.9 Å². The minimum Gasteiger partial charge on any atom is -0.463 e. The van der Waals surface area contributed by atoms with E-state index in [0.717, 1.165) is 0 Å². The molecule has 0 fully saturated rings. The van der Waals surface area contributed by atoms with Crippen molar-refractivity contribution in [2.45, 2.75) is 24.8 Å². The lowest BCUT2D eigenvalue weighted by Gasteiger charge is -2.28. The summed E-state index contributed by atoms with van der Waals surface area (Å²) in [4.78, 5) is 36.5. The van der Waals surface area contributed by atoms with E-state index in [4.69, 9.17) is 4.74 Å². The number of benzene rings is 1. The first kappa shape index (κ1) is 17.9. The molecule has 9 nitrogen and oxygen atoms in total. The predicted molar refractivity (Wildman–Crippen MR) is 89.5 cm³/mol. The van der Waals surface area contributed by atoms with Gasteiger partial charge in [0.1, 0.15) is 4.90 Å². The highest BCUT2D eigenvalue weighted by molar-refractivity contribution is 7.90. The first-order valence-electron chi connectivity index (χ1n) is 7.91. The molecule has 138 valence electrons. The summed E-state index contributed by atoms with van der Waals surface area (Å²) in [6.45, 7) is 2.84. The van der Waals surface area contributed by atoms with Crippen molar-refractivity contribution in [2.75, 3.05) is 13.2 Å². The van der Waals surface area contributed by atoms with Crippen LogP contribution >= 0.6 is 0 Å². The molecule has 0 bridgehead atoms. The molecule has 0 unspecified atom stereocenters. The Morgan fingerprint density at radius 2 is 1.96 bits per heavy atom. The molecule has 3 amide bonds. The molecule has 2 N–H and O–H groups in total. The van der Waals surface area contributed by atoms with E-state index >= 15 is 0 Å². The summed E-state index contributed by atoms with van der Waals surface area (Å²) in [6.07, 6.45) is 0. The van der Waals surface area contributed by atoms with Crippen LogP contribution in [-0.4, -0.2) is 49.8 Å². The van der Waals surface area contributed by atoms with Crippen molar-refractivity contribution in [1.82, 2.24) is 14.9 Å². The zero-order valence-corrected chi connectivity index (χ0v) is 14.9. The maximum absolute atomic E-state index is 12.7. The van der Waals surface area contributed by atoms with Gasteiger partial charge in [-0.15, -0.1) is 0 Å². The molecule has 0 aromatic heterocycles. The van der Waals surface area contributed by atoms with Gasteiger partial charge < -0.3 is 15.4 Å². The summed E-state index contributed by atoms with van der Waals surface area (Å²) >= 11 is 0. The molecule has 2 aliphatic heterocycles. The summed E-state index contributed by atoms with van der Waals surface area (Å²) < 4.78 is 31.0. The van der Waals surface area contributed by atoms with Crippen molar-refractivity contribution in [1.29, 1.82) is 0 Å². The summed E-state index contributed by atoms with van der Waals surface area (Å²) in [5.74, 6) is -1.40. The van der Waals surface area contributed by atoms with Crippen LogP contribution in [0.5, 0.6) is 0 Å². The first-order chi connectivity index (χ1) is 12.3. The molecule has 0 spiro atoms. The van der Waals surface area contributed by atoms with E-state index in [0.29, 0.717) is 4.31 Å². The SMILES string of the molecule is CCOC(=O)C1=C(CN2C(=O)c3ccccc3S2(=O)=O)NC(=O)N[C@H]1C. The van der Waals surface area contributed by atoms with Crippen LogP contribution in [0.3, 0.4) is 0 Å². The van der Waals surface area contributed by atoms with Crippen molar-refractivity contribution < 1.29 is 27.5 Å². The van der Waals surface area contributed by atoms with Gasteiger partial charge in [-0.1, -0.05) is 12.1 Å². The minimum absolute atomic E-state index is 0.0180. The third-order valence-corrected chi connectivity index (χ3v) is 5.87. The number of carbonyl (C=O) groups excluding carboxylic acids is 3. The maximum atomic E-state index is 12.7. The number of urea groups is 1. The molecule has 2 aliphatic rings. The Hall–Kier alpha value is -2.88. The quantitative estimate of drug-likeness (QED) is 0.728. The number of carbonyl (C=O) groups is 3. The van der Waals surface area contributed by atoms with E-state index in [9.17, 15) is 22.8 Å². The second-order valence-electron chi connectivity index (χ2n) is 5.75. The zero-order valence-electron chi connectivity index (χ0n) is 14.1. The number of sulfonamides is 1. The fourth-order valence-electron chi connectivity index (χ4n) is 2.94. The van der Waals surface area contributed by atoms with Crippen molar-refractivity contribution in [3.8, 4) is 0 Å². The molecule has 1 atom stereocenters. The Kier molecular flexibility index (Phi) is 4.45. The van der Waals surface area contributed by atoms with Crippen LogP contribution in [0.1, 0.15) is 24.2 Å². The predicted octanol–water partition coefficient (Wildman–Crippen LogP) is 0.350. The lowest BCUT2D eigenvalue weighted by molar-refractivity contribution is -0.139. The highest BCUT2D eigenvalue weighted by Crippen LogP contribution is 2.31. The number of hydrogen-bond donors (Lipinski definition) is 2. The van der Waals surface area contributed by atoms with Crippen LogP contribution in [0.4, 0.5) is 4.79 Å². The molecule has 2 heterocycles. The molecular formula is C16H17N3O6S. The minimum atomic E-state index is -4.07. The molecule has 0 saturated heterocycles. The summed E-state index contributed by atoms with van der Waals surface area (Å²) in [6, 6.07) is 4.55. The smallest absolute Gasteiger partial charge is 0.337 e. The first-order valence-corrected chi connectivity index (χ1v) is 9.35. The van der Waals surface area contributed by atoms with Crippen molar-refractivity contribution >= 4 is 27.9 Å². The maximum Gasteiger partial charge on any atom is 0.337 e. The van der Waals surface area contributed by atoms with Gasteiger partial charge in [0.05, 0.1) is 36.0 Å². The van der Waals surface area contributed by atoms with Gasteiger partial charge in [-0.25, -0.2) is 22.3 Å². The Balaban J connectivity index is 2.03. The largest absolute Gasteiger partial charge is 0.463 e. The lowest BCUT2D eigenvalue weighted by Crippen LogP contribution is -2.51. The van der Waals surface area contributed by atoms with Crippen molar-refractivity contribution in [3.05, 3.63) is 41.1 Å². The van der Waals surface area contributed by atoms with Crippen LogP contribution in [-0.2, 0) is 19.6 Å². The van der Waals surface area contributed by atoms with E-state index in [1.807, 2.05) is 0 Å². The highest BCUT2D eigenvalue weighted by Gasteiger charge is 2.42. The van der Waals surface area contributed by atoms with Gasteiger partial charge in [-0.05, 0) is 26.0 Å². The number of ether oxygens (including phenoxy) is 1. The number of fused-ring (bicyclic) bond motifs is 1. The fraction of sp³-hybridized carbons (Fsp3) is 0.312. The van der Waals surface area contributed by atoms with Crippen LogP contribution in [0.15, 0.2) is 40.4 Å². The number of esters is 1. The molecule has 10 heteroatoms. The summed E-state index contributed by atoms with van der Waals surface area (Å²) in [5, 5.41) is 4.93. The molecule has 0 saturated carbocycles. The van der Waals surface area contributed by atoms with Gasteiger partial charge in [0, 0.05) is 0 Å². The third kappa shape index (κ3) is 2.81. The number of amides is 3. The van der Waals surface area contributed by atoms with E-state index in [-0.39, 0.29) is 28.3 Å². The zero-order chi connectivity index (χ0) is 19.1. The van der Waals surface area contributed by atoms with Gasteiger partial charge in [0.15, 0.2) is 0 Å². The molecule has 1 aromatic carbocycles. The Morgan fingerprint density at radius 3 is 2.62 bits per heavy atom. The van der Waals surface area contributed by atoms with Crippen LogP contribution in [0.2, 0.25) is 0 Å². The Morgan fingerprint density at radius 1 is 1.27 bits per heavy atom. The standard InChI is InChI=1S/C16H17N3O6S/c1-3-25-15(21)13-9(2)17-16(22)18-11(13)8-19-14(20)10-6-4-5-7-12(10)26(19,23)24/h4-7,9H,3,8H2,1-2H3,(H2,17,18,22)/t9-/m0/s1. The fourth-order valence-corrected chi connectivity index (χ4v) is 4.47. The summed E-state index contributed by atoms with van der Waals surface area (Å²) in [7, 11) is -4.07. The van der Waals surface area contributed by atoms with Gasteiger partial charge in [-0.2, -0.15) is 0 Å². The number of rotatable bonds is 4. The van der Waals surface area contributed by atoms with Crippen LogP contribution in [0.25, 0.3) is 0 Å². The van der Waals surface area contributed by atoms with E-state index in [2.05, 4.69) is 10.6 Å². The number of nitrogens with one attached hydrogen (secondary N) is 2. The normalized spacial score (nSPS) is 21.2. The molecule has 0 radical (unpaired) electrons. The van der Waals surface area contributed by atoms with Gasteiger partial charge >= 0.3 is 12.0 Å². The molecule has 0 aliphatic carbocycles. The second kappa shape index (κ2) is 6.45. The third-order valence-electron chi connectivity index (χ3n) is 4.08. The second-order valence-corrected chi connectivity index (χ2v) is 7.58. The molecule has 26 heavy (non-hydrogen) atoms. The van der Waals surface area contributed by atoms with Crippen LogP contribution in [0, 0.1) is 0 Å². The monoisotopic (exact) mass is 379 g/mol. The Bertz CT molecular complexity index is 937. The van der Waals surface area contributed by atoms with Gasteiger partial charge in [0.2, 0.25) is 0 Å². The van der Waals surface area contributed by atoms with Crippen molar-refractivity contribution in [3.63, 3.8) is 0 Å². The van der Waals surface area contributed by atoms with Crippen molar-refractivity contribution in [2.24, 2.45) is 0 Å². The Labute approximate surface area is 150 Å². The average molecular weight is 379 g/mol. The topological polar surface area (TPSA) is 122 Å².